The third-order valence-corrected chi connectivity index (χ3v) is 19.2. The maximum Gasteiger partial charge on any atom is 0.252 e. The Labute approximate surface area is 466 Å². The van der Waals surface area contributed by atoms with Crippen molar-refractivity contribution >= 4 is 57.2 Å². The molecule has 398 valence electrons. The highest BCUT2D eigenvalue weighted by Crippen LogP contribution is 2.54. The van der Waals surface area contributed by atoms with E-state index in [1.54, 1.807) is 0 Å². The van der Waals surface area contributed by atoms with Gasteiger partial charge >= 0.3 is 0 Å². The quantitative estimate of drug-likeness (QED) is 0.162. The van der Waals surface area contributed by atoms with Gasteiger partial charge < -0.3 is 9.80 Å². The second-order valence-electron chi connectivity index (χ2n) is 30.9. The molecular weight excluding hydrogens is 928 g/mol. The minimum Gasteiger partial charge on any atom is -0.311 e. The first-order valence-corrected chi connectivity index (χ1v) is 29.3. The van der Waals surface area contributed by atoms with Crippen molar-refractivity contribution in [1.29, 1.82) is 0 Å². The molecule has 11 rings (SSSR count). The highest BCUT2D eigenvalue weighted by atomic mass is 15.2. The molecule has 3 heteroatoms. The first-order valence-electron chi connectivity index (χ1n) is 29.3. The summed E-state index contributed by atoms with van der Waals surface area (Å²) in [5.74, 6) is 0. The van der Waals surface area contributed by atoms with Gasteiger partial charge in [0.2, 0.25) is 0 Å². The molecule has 7 aromatic carbocycles. The Balaban J connectivity index is 1.26. The van der Waals surface area contributed by atoms with Gasteiger partial charge in [-0.2, -0.15) is 0 Å². The highest BCUT2D eigenvalue weighted by Gasteiger charge is 2.48. The predicted octanol–water partition coefficient (Wildman–Crippen LogP) is 19.0. The standard InChI is InChI=1S/C74H89BN2/c1-67(2,3)49-26-24-46(25-27-49)47-22-21-23-48(38-47)54-39-50(68(4,5)6)29-33-61(54)77-62-40-51(69(7,8)9)28-32-59(62)75-60-44-57-58(74(19,20)37-36-73(57,17)18)45-63(60)76(64-41-52(70(10,11)12)42-65(77)66(64)75)53-30-31-55-56(43-53)72(15,16)35-34-71(55,13)14/h21-33,38-45H,34-37H2,1-20H3. The van der Waals surface area contributed by atoms with Crippen molar-refractivity contribution in [2.75, 3.05) is 9.80 Å². The average Bonchev–Trinajstić information content (AvgIpc) is 3.49. The molecular formula is C74H89BN2. The lowest BCUT2D eigenvalue weighted by molar-refractivity contribution is 0.332. The van der Waals surface area contributed by atoms with Crippen molar-refractivity contribution in [2.24, 2.45) is 0 Å². The first-order chi connectivity index (χ1) is 35.7. The molecule has 77 heavy (non-hydrogen) atoms. The van der Waals surface area contributed by atoms with Crippen LogP contribution in [0.15, 0.2) is 127 Å². The zero-order valence-corrected chi connectivity index (χ0v) is 50.9. The van der Waals surface area contributed by atoms with E-state index in [4.69, 9.17) is 0 Å². The van der Waals surface area contributed by atoms with Crippen LogP contribution >= 0.6 is 0 Å². The Hall–Kier alpha value is -5.80. The Kier molecular flexibility index (Phi) is 12.0. The number of anilines is 6. The topological polar surface area (TPSA) is 6.48 Å². The molecule has 0 radical (unpaired) electrons. The average molecular weight is 1020 g/mol. The van der Waals surface area contributed by atoms with Crippen LogP contribution in [0.5, 0.6) is 0 Å². The van der Waals surface area contributed by atoms with E-state index in [0.29, 0.717) is 0 Å². The number of hydrogen-bond acceptors (Lipinski definition) is 2. The van der Waals surface area contributed by atoms with E-state index >= 15 is 0 Å². The van der Waals surface area contributed by atoms with Crippen LogP contribution in [-0.2, 0) is 43.3 Å². The summed E-state index contributed by atoms with van der Waals surface area (Å²) in [5.41, 5.74) is 28.2. The molecule has 7 aromatic rings. The van der Waals surface area contributed by atoms with Gasteiger partial charge in [-0.25, -0.2) is 0 Å². The fraction of sp³-hybridized carbons (Fsp3) is 0.432. The summed E-state index contributed by atoms with van der Waals surface area (Å²) in [6, 6.07) is 51.8. The van der Waals surface area contributed by atoms with Crippen LogP contribution in [0.4, 0.5) is 34.1 Å². The van der Waals surface area contributed by atoms with Crippen molar-refractivity contribution in [2.45, 2.75) is 207 Å². The van der Waals surface area contributed by atoms with Crippen molar-refractivity contribution in [3.63, 3.8) is 0 Å². The second kappa shape index (κ2) is 17.4. The Morgan fingerprint density at radius 3 is 1.39 bits per heavy atom. The SMILES string of the molecule is CC(C)(C)c1ccc(-c2cccc(-c3cc(C(C)(C)C)ccc3N3c4cc(C(C)(C)C)ccc4B4c5cc6c(cc5N(c5ccc7c(c5)C(C)(C)CCC7(C)C)c5cc(C(C)(C)C)cc3c54)C(C)(C)CCC6(C)C)c2)cc1. The van der Waals surface area contributed by atoms with E-state index < -0.39 is 0 Å². The summed E-state index contributed by atoms with van der Waals surface area (Å²) in [4.78, 5) is 5.45. The predicted molar refractivity (Wildman–Crippen MR) is 337 cm³/mol. The lowest BCUT2D eigenvalue weighted by Gasteiger charge is -2.48. The lowest BCUT2D eigenvalue weighted by atomic mass is 9.33. The first kappa shape index (κ1) is 53.2. The van der Waals surface area contributed by atoms with E-state index in [9.17, 15) is 0 Å². The molecule has 2 aliphatic heterocycles. The number of benzene rings is 7. The summed E-state index contributed by atoms with van der Waals surface area (Å²) >= 11 is 0. The normalized spacial score (nSPS) is 18.0. The van der Waals surface area contributed by atoms with Crippen molar-refractivity contribution in [3.05, 3.63) is 172 Å². The molecule has 0 N–H and O–H groups in total. The van der Waals surface area contributed by atoms with Crippen LogP contribution in [0.3, 0.4) is 0 Å². The molecule has 2 heterocycles. The van der Waals surface area contributed by atoms with E-state index in [1.165, 1.54) is 143 Å². The molecule has 0 aromatic heterocycles. The highest BCUT2D eigenvalue weighted by molar-refractivity contribution is 7.00. The minimum atomic E-state index is -0.147. The Bertz CT molecular complexity index is 3510. The summed E-state index contributed by atoms with van der Waals surface area (Å²) < 4.78 is 0. The number of nitrogens with zero attached hydrogens (tertiary/aromatic N) is 2. The van der Waals surface area contributed by atoms with Gasteiger partial charge in [0.1, 0.15) is 0 Å². The zero-order chi connectivity index (χ0) is 55.5. The monoisotopic (exact) mass is 1020 g/mol. The summed E-state index contributed by atoms with van der Waals surface area (Å²) in [6.45, 7) is 48.2. The van der Waals surface area contributed by atoms with Gasteiger partial charge in [0, 0.05) is 34.0 Å². The summed E-state index contributed by atoms with van der Waals surface area (Å²) in [6.07, 6.45) is 4.70. The van der Waals surface area contributed by atoms with E-state index in [0.717, 1.165) is 0 Å². The lowest BCUT2D eigenvalue weighted by Crippen LogP contribution is -2.62. The van der Waals surface area contributed by atoms with Gasteiger partial charge in [0.25, 0.3) is 6.71 Å². The third-order valence-electron chi connectivity index (χ3n) is 19.2. The molecule has 0 atom stereocenters. The fourth-order valence-electron chi connectivity index (χ4n) is 13.7. The van der Waals surface area contributed by atoms with E-state index in [1.807, 2.05) is 0 Å². The van der Waals surface area contributed by atoms with Crippen molar-refractivity contribution in [1.82, 2.24) is 0 Å². The summed E-state index contributed by atoms with van der Waals surface area (Å²) in [5, 5.41) is 0. The zero-order valence-electron chi connectivity index (χ0n) is 50.9. The Morgan fingerprint density at radius 1 is 0.338 bits per heavy atom. The molecule has 4 aliphatic rings. The molecule has 0 saturated heterocycles. The number of rotatable bonds is 4. The van der Waals surface area contributed by atoms with Gasteiger partial charge in [-0.3, -0.25) is 0 Å². The van der Waals surface area contributed by atoms with Gasteiger partial charge in [0.05, 0.1) is 5.69 Å². The van der Waals surface area contributed by atoms with Crippen molar-refractivity contribution < 1.29 is 0 Å². The van der Waals surface area contributed by atoms with Gasteiger partial charge in [-0.15, -0.1) is 0 Å². The van der Waals surface area contributed by atoms with Crippen molar-refractivity contribution in [3.8, 4) is 22.3 Å². The minimum absolute atomic E-state index is 0.0105. The smallest absolute Gasteiger partial charge is 0.252 e. The largest absolute Gasteiger partial charge is 0.311 e. The fourth-order valence-corrected chi connectivity index (χ4v) is 13.7. The molecule has 2 aliphatic carbocycles. The number of hydrogen-bond donors (Lipinski definition) is 0. The number of fused-ring (bicyclic) bond motifs is 6. The van der Waals surface area contributed by atoms with E-state index in [2.05, 4.69) is 276 Å². The Morgan fingerprint density at radius 2 is 0.805 bits per heavy atom. The van der Waals surface area contributed by atoms with Crippen LogP contribution < -0.4 is 26.2 Å². The molecule has 0 unspecified atom stereocenters. The van der Waals surface area contributed by atoms with Crippen LogP contribution in [0.25, 0.3) is 22.3 Å². The van der Waals surface area contributed by atoms with Crippen LogP contribution in [-0.4, -0.2) is 6.71 Å². The van der Waals surface area contributed by atoms with Crippen LogP contribution in [0.1, 0.15) is 209 Å². The molecule has 0 amide bonds. The molecule has 2 nitrogen and oxygen atoms in total. The molecule has 0 fully saturated rings. The van der Waals surface area contributed by atoms with E-state index in [-0.39, 0.29) is 50.0 Å². The maximum absolute atomic E-state index is 2.74. The van der Waals surface area contributed by atoms with Crippen LogP contribution in [0.2, 0.25) is 0 Å². The van der Waals surface area contributed by atoms with Gasteiger partial charge in [0.15, 0.2) is 0 Å². The summed E-state index contributed by atoms with van der Waals surface area (Å²) in [7, 11) is 0. The molecule has 0 saturated carbocycles. The van der Waals surface area contributed by atoms with Crippen LogP contribution in [0, 0.1) is 0 Å². The van der Waals surface area contributed by atoms with Gasteiger partial charge in [-0.1, -0.05) is 211 Å². The third kappa shape index (κ3) is 8.93. The molecule has 0 bridgehead atoms. The second-order valence-corrected chi connectivity index (χ2v) is 30.9. The maximum atomic E-state index is 2.74. The van der Waals surface area contributed by atoms with Gasteiger partial charge in [-0.05, 0) is 201 Å². The molecule has 0 spiro atoms.